The van der Waals surface area contributed by atoms with Crippen molar-refractivity contribution in [1.82, 2.24) is 10.6 Å². The monoisotopic (exact) mass is 418 g/mol. The summed E-state index contributed by atoms with van der Waals surface area (Å²) in [5, 5.41) is 5.86. The van der Waals surface area contributed by atoms with Gasteiger partial charge in [0.15, 0.2) is 0 Å². The van der Waals surface area contributed by atoms with Crippen LogP contribution < -0.4 is 10.6 Å². The van der Waals surface area contributed by atoms with E-state index in [9.17, 15) is 14.0 Å². The van der Waals surface area contributed by atoms with E-state index in [1.165, 1.54) is 6.07 Å². The molecule has 3 aromatic rings. The van der Waals surface area contributed by atoms with E-state index in [-0.39, 0.29) is 30.6 Å². The molecule has 0 fully saturated rings. The average Bonchev–Trinajstić information content (AvgIpc) is 2.78. The first kappa shape index (κ1) is 22.2. The number of hydrogen-bond donors (Lipinski definition) is 2. The molecule has 0 aliphatic carbocycles. The van der Waals surface area contributed by atoms with Crippen molar-refractivity contribution >= 4 is 11.8 Å². The minimum Gasteiger partial charge on any atom is -0.355 e. The Hall–Kier alpha value is -3.47. The Bertz CT molecular complexity index is 1020. The van der Waals surface area contributed by atoms with Crippen molar-refractivity contribution in [3.8, 4) is 0 Å². The fourth-order valence-electron chi connectivity index (χ4n) is 3.45. The molecule has 5 heteroatoms. The van der Waals surface area contributed by atoms with E-state index in [0.29, 0.717) is 11.1 Å². The summed E-state index contributed by atoms with van der Waals surface area (Å²) in [6, 6.07) is 24.4. The molecule has 0 spiro atoms. The molecule has 0 bridgehead atoms. The lowest BCUT2D eigenvalue weighted by Gasteiger charge is -2.27. The molecule has 3 rings (SSSR count). The minimum atomic E-state index is -0.573. The van der Waals surface area contributed by atoms with Crippen molar-refractivity contribution in [3.63, 3.8) is 0 Å². The third-order valence-corrected chi connectivity index (χ3v) is 5.26. The van der Waals surface area contributed by atoms with Gasteiger partial charge in [-0.3, -0.25) is 9.59 Å². The van der Waals surface area contributed by atoms with Gasteiger partial charge in [-0.05, 0) is 29.3 Å². The van der Waals surface area contributed by atoms with Crippen LogP contribution in [0.2, 0.25) is 0 Å². The number of benzene rings is 3. The number of nitrogens with one attached hydrogen (secondary N) is 2. The van der Waals surface area contributed by atoms with Crippen molar-refractivity contribution in [1.29, 1.82) is 0 Å². The maximum Gasteiger partial charge on any atom is 0.251 e. The smallest absolute Gasteiger partial charge is 0.251 e. The first-order valence-electron chi connectivity index (χ1n) is 10.3. The normalized spacial score (nSPS) is 12.1. The molecule has 0 aromatic heterocycles. The Balaban J connectivity index is 1.68. The molecule has 2 amide bonds. The topological polar surface area (TPSA) is 58.2 Å². The number of carbonyl (C=O) groups is 2. The van der Waals surface area contributed by atoms with Crippen LogP contribution in [-0.4, -0.2) is 18.4 Å². The van der Waals surface area contributed by atoms with Crippen LogP contribution in [0.25, 0.3) is 0 Å². The maximum absolute atomic E-state index is 14.2. The fraction of sp³-hybridized carbons (Fsp3) is 0.231. The predicted molar refractivity (Wildman–Crippen MR) is 120 cm³/mol. The van der Waals surface area contributed by atoms with Gasteiger partial charge in [0.2, 0.25) is 5.91 Å². The third kappa shape index (κ3) is 6.01. The quantitative estimate of drug-likeness (QED) is 0.553. The maximum atomic E-state index is 14.2. The third-order valence-electron chi connectivity index (χ3n) is 5.26. The Morgan fingerprint density at radius 1 is 0.871 bits per heavy atom. The summed E-state index contributed by atoms with van der Waals surface area (Å²) >= 11 is 0. The number of carbonyl (C=O) groups excluding carboxylic acids is 2. The second kappa shape index (κ2) is 10.0. The van der Waals surface area contributed by atoms with Crippen LogP contribution in [0.5, 0.6) is 0 Å². The predicted octanol–water partition coefficient (Wildman–Crippen LogP) is 4.78. The SMILES string of the molecule is CC(C)(CNC(=O)CC(NC(=O)c1ccccc1)c1ccccc1)c1ccccc1F. The van der Waals surface area contributed by atoms with Crippen LogP contribution in [-0.2, 0) is 10.2 Å². The van der Waals surface area contributed by atoms with E-state index in [1.807, 2.05) is 50.2 Å². The lowest BCUT2D eigenvalue weighted by atomic mass is 9.84. The highest BCUT2D eigenvalue weighted by Gasteiger charge is 2.26. The zero-order valence-corrected chi connectivity index (χ0v) is 17.8. The van der Waals surface area contributed by atoms with Crippen molar-refractivity contribution in [2.75, 3.05) is 6.54 Å². The molecule has 0 aliphatic heterocycles. The van der Waals surface area contributed by atoms with E-state index in [2.05, 4.69) is 10.6 Å². The van der Waals surface area contributed by atoms with Gasteiger partial charge >= 0.3 is 0 Å². The summed E-state index contributed by atoms with van der Waals surface area (Å²) in [6.07, 6.45) is 0.0793. The summed E-state index contributed by atoms with van der Waals surface area (Å²) in [6.45, 7) is 4.05. The second-order valence-electron chi connectivity index (χ2n) is 8.15. The lowest BCUT2D eigenvalue weighted by Crippen LogP contribution is -2.39. The Morgan fingerprint density at radius 3 is 2.10 bits per heavy atom. The van der Waals surface area contributed by atoms with Crippen LogP contribution >= 0.6 is 0 Å². The molecule has 160 valence electrons. The minimum absolute atomic E-state index is 0.0793. The molecule has 31 heavy (non-hydrogen) atoms. The molecule has 4 nitrogen and oxygen atoms in total. The molecule has 1 unspecified atom stereocenters. The average molecular weight is 419 g/mol. The van der Waals surface area contributed by atoms with E-state index in [1.54, 1.807) is 42.5 Å². The first-order valence-corrected chi connectivity index (χ1v) is 10.3. The van der Waals surface area contributed by atoms with Crippen molar-refractivity contribution < 1.29 is 14.0 Å². The summed E-state index contributed by atoms with van der Waals surface area (Å²) in [7, 11) is 0. The zero-order valence-electron chi connectivity index (χ0n) is 17.8. The molecule has 1 atom stereocenters. The van der Waals surface area contributed by atoms with Crippen molar-refractivity contribution in [2.24, 2.45) is 0 Å². The Kier molecular flexibility index (Phi) is 7.19. The van der Waals surface area contributed by atoms with Crippen LogP contribution in [0, 0.1) is 5.82 Å². The van der Waals surface area contributed by atoms with E-state index >= 15 is 0 Å². The second-order valence-corrected chi connectivity index (χ2v) is 8.15. The van der Waals surface area contributed by atoms with Crippen LogP contribution in [0.3, 0.4) is 0 Å². The lowest BCUT2D eigenvalue weighted by molar-refractivity contribution is -0.121. The number of halogens is 1. The summed E-state index contributed by atoms with van der Waals surface area (Å²) in [5.74, 6) is -0.750. The van der Waals surface area contributed by atoms with Gasteiger partial charge in [0.1, 0.15) is 5.82 Å². The number of amides is 2. The molecule has 0 saturated heterocycles. The molecule has 0 saturated carbocycles. The van der Waals surface area contributed by atoms with Crippen molar-refractivity contribution in [3.05, 3.63) is 107 Å². The Labute approximate surface area is 182 Å². The van der Waals surface area contributed by atoms with Crippen LogP contribution in [0.15, 0.2) is 84.9 Å². The molecule has 0 heterocycles. The molecule has 0 aliphatic rings. The van der Waals surface area contributed by atoms with Gasteiger partial charge < -0.3 is 10.6 Å². The molecule has 2 N–H and O–H groups in total. The largest absolute Gasteiger partial charge is 0.355 e. The van der Waals surface area contributed by atoms with Gasteiger partial charge in [0.25, 0.3) is 5.91 Å². The van der Waals surface area contributed by atoms with Gasteiger partial charge in [0, 0.05) is 17.5 Å². The highest BCUT2D eigenvalue weighted by Crippen LogP contribution is 2.25. The van der Waals surface area contributed by atoms with Crippen molar-refractivity contribution in [2.45, 2.75) is 31.7 Å². The summed E-state index contributed by atoms with van der Waals surface area (Å²) in [5.41, 5.74) is 1.35. The van der Waals surface area contributed by atoms with Gasteiger partial charge in [-0.25, -0.2) is 4.39 Å². The summed E-state index contributed by atoms with van der Waals surface area (Å²) in [4.78, 5) is 25.4. The van der Waals surface area contributed by atoms with Crippen LogP contribution in [0.4, 0.5) is 4.39 Å². The molecule has 3 aromatic carbocycles. The summed E-state index contributed by atoms with van der Waals surface area (Å²) < 4.78 is 14.2. The van der Waals surface area contributed by atoms with Gasteiger partial charge in [-0.2, -0.15) is 0 Å². The fourth-order valence-corrected chi connectivity index (χ4v) is 3.45. The van der Waals surface area contributed by atoms with E-state index in [0.717, 1.165) is 5.56 Å². The zero-order chi connectivity index (χ0) is 22.3. The molecule has 0 radical (unpaired) electrons. The first-order chi connectivity index (χ1) is 14.9. The molecular weight excluding hydrogens is 391 g/mol. The van der Waals surface area contributed by atoms with Gasteiger partial charge in [-0.15, -0.1) is 0 Å². The highest BCUT2D eigenvalue weighted by atomic mass is 19.1. The Morgan fingerprint density at radius 2 is 1.45 bits per heavy atom. The van der Waals surface area contributed by atoms with Gasteiger partial charge in [0.05, 0.1) is 12.5 Å². The number of hydrogen-bond acceptors (Lipinski definition) is 2. The number of rotatable bonds is 8. The molecular formula is C26H27FN2O2. The van der Waals surface area contributed by atoms with E-state index in [4.69, 9.17) is 0 Å². The van der Waals surface area contributed by atoms with E-state index < -0.39 is 11.5 Å². The standard InChI is InChI=1S/C26H27FN2O2/c1-26(2,21-15-9-10-16-22(21)27)18-28-24(30)17-23(19-11-5-3-6-12-19)29-25(31)20-13-7-4-8-14-20/h3-16,23H,17-18H2,1-2H3,(H,28,30)(H,29,31). The van der Waals surface area contributed by atoms with Gasteiger partial charge in [-0.1, -0.05) is 80.6 Å². The highest BCUT2D eigenvalue weighted by molar-refractivity contribution is 5.94. The van der Waals surface area contributed by atoms with Crippen LogP contribution in [0.1, 0.15) is 47.8 Å².